The second-order valence-electron chi connectivity index (χ2n) is 2.46. The van der Waals surface area contributed by atoms with Gasteiger partial charge >= 0.3 is 0 Å². The molecule has 0 aromatic heterocycles. The zero-order valence-corrected chi connectivity index (χ0v) is 7.10. The Morgan fingerprint density at radius 3 is 2.46 bits per heavy atom. The second-order valence-corrected chi connectivity index (χ2v) is 2.46. The van der Waals surface area contributed by atoms with Gasteiger partial charge in [0, 0.05) is 12.2 Å². The first-order valence-electron chi connectivity index (χ1n) is 3.83. The van der Waals surface area contributed by atoms with Crippen LogP contribution in [0.3, 0.4) is 0 Å². The average molecular weight is 173 g/mol. The molecule has 1 rings (SSSR count). The molecule has 0 atom stereocenters. The van der Waals surface area contributed by atoms with Gasteiger partial charge in [-0.25, -0.2) is 0 Å². The highest BCUT2D eigenvalue weighted by atomic mass is 16.1. The maximum Gasteiger partial charge on any atom is 0.214 e. The first-order valence-corrected chi connectivity index (χ1v) is 3.83. The quantitative estimate of drug-likeness (QED) is 0.647. The normalized spacial score (nSPS) is 8.92. The molecule has 1 radical (unpaired) electrons. The Morgan fingerprint density at radius 2 is 2.08 bits per heavy atom. The number of benzene rings is 1. The summed E-state index contributed by atoms with van der Waals surface area (Å²) in [4.78, 5) is 12.0. The van der Waals surface area contributed by atoms with Crippen LogP contribution in [0.2, 0.25) is 0 Å². The molecule has 0 bridgehead atoms. The molecule has 1 aromatic carbocycles. The van der Waals surface area contributed by atoms with Crippen molar-refractivity contribution in [3.8, 4) is 6.07 Å². The number of anilines is 1. The van der Waals surface area contributed by atoms with Gasteiger partial charge < -0.3 is 4.90 Å². The molecule has 3 heteroatoms. The van der Waals surface area contributed by atoms with Crippen molar-refractivity contribution in [2.75, 3.05) is 11.4 Å². The lowest BCUT2D eigenvalue weighted by atomic mass is 10.2. The molecule has 0 unspecified atom stereocenters. The van der Waals surface area contributed by atoms with Crippen molar-refractivity contribution in [2.24, 2.45) is 0 Å². The number of hydrogen-bond acceptors (Lipinski definition) is 2. The summed E-state index contributed by atoms with van der Waals surface area (Å²) in [6.45, 7) is 3.99. The van der Waals surface area contributed by atoms with Crippen molar-refractivity contribution < 1.29 is 4.79 Å². The Balaban J connectivity index is 2.91. The third-order valence-electron chi connectivity index (χ3n) is 1.70. The van der Waals surface area contributed by atoms with Gasteiger partial charge in [0.15, 0.2) is 0 Å². The van der Waals surface area contributed by atoms with E-state index in [1.165, 1.54) is 4.90 Å². The van der Waals surface area contributed by atoms with Crippen LogP contribution < -0.4 is 4.90 Å². The maximum atomic E-state index is 10.5. The highest BCUT2D eigenvalue weighted by Gasteiger charge is 2.00. The minimum atomic E-state index is 0.384. The van der Waals surface area contributed by atoms with Gasteiger partial charge in [-0.2, -0.15) is 5.26 Å². The molecule has 3 nitrogen and oxygen atoms in total. The SMILES string of the molecule is [CH2]CN(C=O)c1ccc(C#N)cc1. The van der Waals surface area contributed by atoms with Crippen molar-refractivity contribution in [2.45, 2.75) is 0 Å². The summed E-state index contributed by atoms with van der Waals surface area (Å²) in [7, 11) is 0. The monoisotopic (exact) mass is 173 g/mol. The average Bonchev–Trinajstić information content (AvgIpc) is 2.21. The third kappa shape index (κ3) is 2.06. The van der Waals surface area contributed by atoms with E-state index in [2.05, 4.69) is 6.92 Å². The molecule has 13 heavy (non-hydrogen) atoms. The van der Waals surface area contributed by atoms with E-state index in [1.54, 1.807) is 24.3 Å². The van der Waals surface area contributed by atoms with Crippen LogP contribution in [0.1, 0.15) is 5.56 Å². The molecule has 0 saturated heterocycles. The fraction of sp³-hybridized carbons (Fsp3) is 0.100. The highest BCUT2D eigenvalue weighted by Crippen LogP contribution is 2.12. The van der Waals surface area contributed by atoms with Crippen molar-refractivity contribution in [3.63, 3.8) is 0 Å². The van der Waals surface area contributed by atoms with Gasteiger partial charge in [0.2, 0.25) is 6.41 Å². The molecule has 0 aliphatic carbocycles. The van der Waals surface area contributed by atoms with E-state index in [0.717, 1.165) is 5.69 Å². The number of nitriles is 1. The summed E-state index contributed by atoms with van der Waals surface area (Å²) in [5, 5.41) is 8.54. The first kappa shape index (κ1) is 9.27. The second kappa shape index (κ2) is 4.27. The Morgan fingerprint density at radius 1 is 1.46 bits per heavy atom. The number of amides is 1. The van der Waals surface area contributed by atoms with Gasteiger partial charge in [0.25, 0.3) is 0 Å². The molecule has 1 aromatic rings. The van der Waals surface area contributed by atoms with Gasteiger partial charge in [0.05, 0.1) is 11.6 Å². The Bertz CT molecular complexity index is 324. The van der Waals surface area contributed by atoms with Crippen LogP contribution in [-0.4, -0.2) is 13.0 Å². The highest BCUT2D eigenvalue weighted by molar-refractivity contribution is 5.75. The smallest absolute Gasteiger partial charge is 0.214 e. The van der Waals surface area contributed by atoms with Gasteiger partial charge in [0.1, 0.15) is 0 Å². The first-order chi connectivity index (χ1) is 6.31. The Labute approximate surface area is 77.2 Å². The molecule has 65 valence electrons. The van der Waals surface area contributed by atoms with E-state index in [1.807, 2.05) is 6.07 Å². The van der Waals surface area contributed by atoms with Crippen LogP contribution in [0.25, 0.3) is 0 Å². The molecule has 1 amide bonds. The van der Waals surface area contributed by atoms with Crippen LogP contribution >= 0.6 is 0 Å². The van der Waals surface area contributed by atoms with E-state index in [0.29, 0.717) is 18.5 Å². The van der Waals surface area contributed by atoms with E-state index < -0.39 is 0 Å². The van der Waals surface area contributed by atoms with E-state index in [-0.39, 0.29) is 0 Å². The van der Waals surface area contributed by atoms with Crippen molar-refractivity contribution >= 4 is 12.1 Å². The summed E-state index contributed by atoms with van der Waals surface area (Å²) >= 11 is 0. The summed E-state index contributed by atoms with van der Waals surface area (Å²) in [5.41, 5.74) is 1.34. The lowest BCUT2D eigenvalue weighted by molar-refractivity contribution is -0.107. The zero-order valence-electron chi connectivity index (χ0n) is 7.10. The molecule has 0 spiro atoms. The van der Waals surface area contributed by atoms with Crippen LogP contribution in [0.4, 0.5) is 5.69 Å². The fourth-order valence-corrected chi connectivity index (χ4v) is 0.970. The lowest BCUT2D eigenvalue weighted by Crippen LogP contribution is -2.19. The lowest BCUT2D eigenvalue weighted by Gasteiger charge is -2.13. The third-order valence-corrected chi connectivity index (χ3v) is 1.70. The molecular formula is C10H9N2O. The molecule has 0 saturated carbocycles. The molecular weight excluding hydrogens is 164 g/mol. The van der Waals surface area contributed by atoms with E-state index in [9.17, 15) is 4.79 Å². The van der Waals surface area contributed by atoms with Crippen molar-refractivity contribution in [1.29, 1.82) is 5.26 Å². The van der Waals surface area contributed by atoms with Crippen molar-refractivity contribution in [1.82, 2.24) is 0 Å². The molecule has 0 heterocycles. The van der Waals surface area contributed by atoms with Gasteiger partial charge in [-0.1, -0.05) is 0 Å². The van der Waals surface area contributed by atoms with Crippen LogP contribution in [0, 0.1) is 18.3 Å². The summed E-state index contributed by atoms with van der Waals surface area (Å²) in [6.07, 6.45) is 0.717. The number of nitrogens with zero attached hydrogens (tertiary/aromatic N) is 2. The number of hydrogen-bond donors (Lipinski definition) is 0. The summed E-state index contributed by atoms with van der Waals surface area (Å²) < 4.78 is 0. The standard InChI is InChI=1S/C10H9N2O/c1-2-12(8-13)10-5-3-9(7-11)4-6-10/h3-6,8H,1-2H2. The molecule has 0 aliphatic rings. The predicted octanol–water partition coefficient (Wildman–Crippen LogP) is 1.36. The number of rotatable bonds is 3. The van der Waals surface area contributed by atoms with E-state index >= 15 is 0 Å². The predicted molar refractivity (Wildman–Crippen MR) is 49.9 cm³/mol. The zero-order chi connectivity index (χ0) is 9.68. The number of carbonyl (C=O) groups is 1. The Hall–Kier alpha value is -1.82. The molecule has 0 N–H and O–H groups in total. The summed E-state index contributed by atoms with van der Waals surface area (Å²) in [5.74, 6) is 0. The Kier molecular flexibility index (Phi) is 3.04. The van der Waals surface area contributed by atoms with Crippen molar-refractivity contribution in [3.05, 3.63) is 36.8 Å². The van der Waals surface area contributed by atoms with Crippen LogP contribution in [-0.2, 0) is 4.79 Å². The van der Waals surface area contributed by atoms with Crippen LogP contribution in [0.5, 0.6) is 0 Å². The van der Waals surface area contributed by atoms with Gasteiger partial charge in [-0.15, -0.1) is 0 Å². The van der Waals surface area contributed by atoms with E-state index in [4.69, 9.17) is 5.26 Å². The van der Waals surface area contributed by atoms with Crippen LogP contribution in [0.15, 0.2) is 24.3 Å². The molecule has 0 aliphatic heterocycles. The maximum absolute atomic E-state index is 10.5. The fourth-order valence-electron chi connectivity index (χ4n) is 0.970. The van der Waals surface area contributed by atoms with Gasteiger partial charge in [-0.3, -0.25) is 4.79 Å². The molecule has 0 fully saturated rings. The number of carbonyl (C=O) groups excluding carboxylic acids is 1. The summed E-state index contributed by atoms with van der Waals surface area (Å²) in [6, 6.07) is 8.78. The minimum Gasteiger partial charge on any atom is -0.315 e. The van der Waals surface area contributed by atoms with Gasteiger partial charge in [-0.05, 0) is 31.2 Å². The largest absolute Gasteiger partial charge is 0.315 e. The minimum absolute atomic E-state index is 0.384. The topological polar surface area (TPSA) is 44.1 Å².